The van der Waals surface area contributed by atoms with E-state index in [9.17, 15) is 4.79 Å². The van der Waals surface area contributed by atoms with Gasteiger partial charge in [0, 0.05) is 11.4 Å². The molecule has 0 radical (unpaired) electrons. The summed E-state index contributed by atoms with van der Waals surface area (Å²) < 4.78 is 0. The number of amides is 1. The highest BCUT2D eigenvalue weighted by Gasteiger charge is 2.35. The molecule has 0 aliphatic carbocycles. The van der Waals surface area contributed by atoms with Crippen LogP contribution in [0.1, 0.15) is 20.3 Å². The van der Waals surface area contributed by atoms with Crippen LogP contribution in [0.5, 0.6) is 0 Å². The third-order valence-corrected chi connectivity index (χ3v) is 3.71. The Hall–Kier alpha value is -1.19. The van der Waals surface area contributed by atoms with Gasteiger partial charge in [-0.2, -0.15) is 0 Å². The van der Waals surface area contributed by atoms with Crippen molar-refractivity contribution in [1.29, 1.82) is 0 Å². The summed E-state index contributed by atoms with van der Waals surface area (Å²) in [6.45, 7) is 3.81. The summed E-state index contributed by atoms with van der Waals surface area (Å²) in [5.74, 6) is -0.0889. The Morgan fingerprint density at radius 2 is 2.11 bits per heavy atom. The molecular weight excluding hydrogens is 271 g/mol. The lowest BCUT2D eigenvalue weighted by atomic mass is 9.99. The smallest absolute Gasteiger partial charge is 0.250 e. The molecule has 0 bridgehead atoms. The molecule has 1 aliphatic heterocycles. The standard InChI is InChI=1S/C13H14Cl2N2O/c1-8-5-6-13(2,17-8)12(18)16-9-3-4-10(14)11(15)7-9/h3-5,7,17H,6H2,1-2H3,(H,16,18). The molecule has 2 rings (SSSR count). The van der Waals surface area contributed by atoms with Crippen LogP contribution < -0.4 is 10.6 Å². The van der Waals surface area contributed by atoms with E-state index in [0.717, 1.165) is 5.70 Å². The highest BCUT2D eigenvalue weighted by Crippen LogP contribution is 2.27. The molecule has 0 saturated heterocycles. The lowest BCUT2D eigenvalue weighted by molar-refractivity contribution is -0.121. The zero-order valence-corrected chi connectivity index (χ0v) is 11.7. The molecular formula is C13H14Cl2N2O. The van der Waals surface area contributed by atoms with Crippen LogP contribution >= 0.6 is 23.2 Å². The van der Waals surface area contributed by atoms with Crippen LogP contribution in [0, 0.1) is 0 Å². The monoisotopic (exact) mass is 284 g/mol. The maximum absolute atomic E-state index is 12.2. The van der Waals surface area contributed by atoms with Crippen molar-refractivity contribution in [3.05, 3.63) is 40.0 Å². The fourth-order valence-corrected chi connectivity index (χ4v) is 2.18. The maximum Gasteiger partial charge on any atom is 0.250 e. The quantitative estimate of drug-likeness (QED) is 0.872. The summed E-state index contributed by atoms with van der Waals surface area (Å²) in [6, 6.07) is 5.03. The molecule has 2 N–H and O–H groups in total. The molecule has 3 nitrogen and oxygen atoms in total. The van der Waals surface area contributed by atoms with Crippen LogP contribution in [-0.2, 0) is 4.79 Å². The molecule has 1 atom stereocenters. The molecule has 1 aliphatic rings. The van der Waals surface area contributed by atoms with Crippen LogP contribution in [0.25, 0.3) is 0 Å². The van der Waals surface area contributed by atoms with E-state index in [2.05, 4.69) is 10.6 Å². The molecule has 1 aromatic carbocycles. The second kappa shape index (κ2) is 4.82. The van der Waals surface area contributed by atoms with Crippen molar-refractivity contribution in [2.45, 2.75) is 25.8 Å². The van der Waals surface area contributed by atoms with Crippen LogP contribution in [0.15, 0.2) is 30.0 Å². The number of rotatable bonds is 2. The molecule has 1 aromatic rings. The number of allylic oxidation sites excluding steroid dienone is 1. The first kappa shape index (κ1) is 13.2. The fourth-order valence-electron chi connectivity index (χ4n) is 1.89. The predicted octanol–water partition coefficient (Wildman–Crippen LogP) is 3.59. The van der Waals surface area contributed by atoms with E-state index in [4.69, 9.17) is 23.2 Å². The Morgan fingerprint density at radius 3 is 2.67 bits per heavy atom. The normalized spacial score (nSPS) is 22.3. The summed E-state index contributed by atoms with van der Waals surface area (Å²) in [5.41, 5.74) is 1.06. The molecule has 1 amide bonds. The summed E-state index contributed by atoms with van der Waals surface area (Å²) in [6.07, 6.45) is 2.68. The van der Waals surface area contributed by atoms with E-state index in [1.54, 1.807) is 18.2 Å². The van der Waals surface area contributed by atoms with Gasteiger partial charge in [-0.05, 0) is 38.5 Å². The van der Waals surface area contributed by atoms with E-state index >= 15 is 0 Å². The molecule has 0 aromatic heterocycles. The molecule has 1 heterocycles. The van der Waals surface area contributed by atoms with E-state index in [1.165, 1.54) is 0 Å². The van der Waals surface area contributed by atoms with Crippen LogP contribution in [-0.4, -0.2) is 11.4 Å². The van der Waals surface area contributed by atoms with Gasteiger partial charge >= 0.3 is 0 Å². The average Bonchev–Trinajstić information content (AvgIpc) is 2.65. The van der Waals surface area contributed by atoms with Gasteiger partial charge in [0.25, 0.3) is 0 Å². The third kappa shape index (κ3) is 2.62. The van der Waals surface area contributed by atoms with Gasteiger partial charge in [-0.3, -0.25) is 4.79 Å². The average molecular weight is 285 g/mol. The zero-order chi connectivity index (χ0) is 13.3. The minimum atomic E-state index is -0.601. The second-order valence-electron chi connectivity index (χ2n) is 4.63. The number of halogens is 2. The third-order valence-electron chi connectivity index (χ3n) is 2.97. The van der Waals surface area contributed by atoms with E-state index < -0.39 is 5.54 Å². The fraction of sp³-hybridized carbons (Fsp3) is 0.308. The topological polar surface area (TPSA) is 41.1 Å². The number of hydrogen-bond acceptors (Lipinski definition) is 2. The lowest BCUT2D eigenvalue weighted by Crippen LogP contribution is -2.48. The first-order chi connectivity index (χ1) is 8.40. The van der Waals surface area contributed by atoms with E-state index in [-0.39, 0.29) is 5.91 Å². The predicted molar refractivity (Wildman–Crippen MR) is 75.0 cm³/mol. The Kier molecular flexibility index (Phi) is 3.55. The van der Waals surface area contributed by atoms with E-state index in [0.29, 0.717) is 22.2 Å². The van der Waals surface area contributed by atoms with Crippen LogP contribution in [0.3, 0.4) is 0 Å². The van der Waals surface area contributed by atoms with Crippen molar-refractivity contribution in [3.8, 4) is 0 Å². The van der Waals surface area contributed by atoms with E-state index in [1.807, 2.05) is 19.9 Å². The number of carbonyl (C=O) groups excluding carboxylic acids is 1. The maximum atomic E-state index is 12.2. The minimum Gasteiger partial charge on any atom is -0.375 e. The van der Waals surface area contributed by atoms with Gasteiger partial charge < -0.3 is 10.6 Å². The molecule has 18 heavy (non-hydrogen) atoms. The highest BCUT2D eigenvalue weighted by molar-refractivity contribution is 6.42. The minimum absolute atomic E-state index is 0.0889. The Morgan fingerprint density at radius 1 is 1.39 bits per heavy atom. The zero-order valence-electron chi connectivity index (χ0n) is 10.2. The first-order valence-corrected chi connectivity index (χ1v) is 6.38. The van der Waals surface area contributed by atoms with Crippen molar-refractivity contribution < 1.29 is 4.79 Å². The molecule has 5 heteroatoms. The molecule has 1 unspecified atom stereocenters. The van der Waals surface area contributed by atoms with Crippen LogP contribution in [0.4, 0.5) is 5.69 Å². The number of carbonyl (C=O) groups is 1. The summed E-state index contributed by atoms with van der Waals surface area (Å²) in [4.78, 5) is 12.2. The van der Waals surface area contributed by atoms with Crippen molar-refractivity contribution in [3.63, 3.8) is 0 Å². The SMILES string of the molecule is CC1=CCC(C)(C(=O)Nc2ccc(Cl)c(Cl)c2)N1. The highest BCUT2D eigenvalue weighted by atomic mass is 35.5. The van der Waals surface area contributed by atoms with Gasteiger partial charge in [0.2, 0.25) is 5.91 Å². The Labute approximate surface area is 116 Å². The first-order valence-electron chi connectivity index (χ1n) is 5.62. The molecule has 0 spiro atoms. The molecule has 0 saturated carbocycles. The van der Waals surface area contributed by atoms with Crippen molar-refractivity contribution in [1.82, 2.24) is 5.32 Å². The molecule has 96 valence electrons. The van der Waals surface area contributed by atoms with Crippen LogP contribution in [0.2, 0.25) is 10.0 Å². The number of anilines is 1. The number of benzene rings is 1. The van der Waals surface area contributed by atoms with Crippen molar-refractivity contribution in [2.24, 2.45) is 0 Å². The van der Waals surface area contributed by atoms with Gasteiger partial charge in [0.1, 0.15) is 5.54 Å². The van der Waals surface area contributed by atoms with Gasteiger partial charge in [-0.1, -0.05) is 29.3 Å². The van der Waals surface area contributed by atoms with Crippen molar-refractivity contribution >= 4 is 34.8 Å². The lowest BCUT2D eigenvalue weighted by Gasteiger charge is -2.25. The molecule has 0 fully saturated rings. The van der Waals surface area contributed by atoms with Gasteiger partial charge in [0.05, 0.1) is 10.0 Å². The summed E-state index contributed by atoms with van der Waals surface area (Å²) >= 11 is 11.7. The Bertz CT molecular complexity index is 528. The number of nitrogens with one attached hydrogen (secondary N) is 2. The summed E-state index contributed by atoms with van der Waals surface area (Å²) in [7, 11) is 0. The van der Waals surface area contributed by atoms with Gasteiger partial charge in [-0.15, -0.1) is 0 Å². The summed E-state index contributed by atoms with van der Waals surface area (Å²) in [5, 5.41) is 6.90. The Balaban J connectivity index is 2.10. The van der Waals surface area contributed by atoms with Gasteiger partial charge in [0.15, 0.2) is 0 Å². The van der Waals surface area contributed by atoms with Gasteiger partial charge in [-0.25, -0.2) is 0 Å². The second-order valence-corrected chi connectivity index (χ2v) is 5.45. The number of hydrogen-bond donors (Lipinski definition) is 2. The van der Waals surface area contributed by atoms with Crippen molar-refractivity contribution in [2.75, 3.05) is 5.32 Å². The largest absolute Gasteiger partial charge is 0.375 e.